The first kappa shape index (κ1) is 11.6. The first-order valence-corrected chi connectivity index (χ1v) is 5.83. The van der Waals surface area contributed by atoms with Crippen LogP contribution in [0.1, 0.15) is 36.3 Å². The van der Waals surface area contributed by atoms with Crippen molar-refractivity contribution in [3.8, 4) is 0 Å². The first-order valence-electron chi connectivity index (χ1n) is 5.07. The number of rotatable bonds is 2. The van der Waals surface area contributed by atoms with Gasteiger partial charge in [0, 0.05) is 11.6 Å². The molecule has 0 saturated carbocycles. The zero-order valence-electron chi connectivity index (χ0n) is 9.00. The van der Waals surface area contributed by atoms with Crippen LogP contribution in [-0.2, 0) is 6.54 Å². The lowest BCUT2D eigenvalue weighted by Gasteiger charge is -2.22. The van der Waals surface area contributed by atoms with Gasteiger partial charge in [0.2, 0.25) is 5.28 Å². The Hall–Kier alpha value is -0.870. The number of fused-ring (bicyclic) bond motifs is 1. The normalized spacial score (nSPS) is 16.5. The summed E-state index contributed by atoms with van der Waals surface area (Å²) in [4.78, 5) is 21.5. The zero-order valence-corrected chi connectivity index (χ0v) is 10.5. The largest absolute Gasteiger partial charge is 0.330 e. The summed E-state index contributed by atoms with van der Waals surface area (Å²) in [5, 5.41) is 0.289. The highest BCUT2D eigenvalue weighted by Gasteiger charge is 2.34. The van der Waals surface area contributed by atoms with E-state index in [4.69, 9.17) is 23.2 Å². The van der Waals surface area contributed by atoms with E-state index in [1.165, 1.54) is 0 Å². The maximum atomic E-state index is 12.0. The summed E-state index contributed by atoms with van der Waals surface area (Å²) in [6.07, 6.45) is 0.887. The Morgan fingerprint density at radius 3 is 2.75 bits per heavy atom. The van der Waals surface area contributed by atoms with Gasteiger partial charge in [0.15, 0.2) is 0 Å². The van der Waals surface area contributed by atoms with Crippen LogP contribution >= 0.6 is 23.2 Å². The predicted molar refractivity (Wildman–Crippen MR) is 61.7 cm³/mol. The smallest absolute Gasteiger partial charge is 0.273 e. The van der Waals surface area contributed by atoms with Crippen LogP contribution in [0.15, 0.2) is 0 Å². The summed E-state index contributed by atoms with van der Waals surface area (Å²) in [5.41, 5.74) is 1.02. The molecule has 0 N–H and O–H groups in total. The number of amides is 1. The summed E-state index contributed by atoms with van der Waals surface area (Å²) in [5.74, 6) is -0.115. The molecule has 1 aromatic rings. The Morgan fingerprint density at radius 1 is 1.44 bits per heavy atom. The van der Waals surface area contributed by atoms with E-state index in [-0.39, 0.29) is 22.4 Å². The number of hydrogen-bond acceptors (Lipinski definition) is 3. The maximum absolute atomic E-state index is 12.0. The van der Waals surface area contributed by atoms with Crippen molar-refractivity contribution in [3.63, 3.8) is 0 Å². The predicted octanol–water partition coefficient (Wildman–Crippen LogP) is 2.54. The molecule has 1 aromatic heterocycles. The highest BCUT2D eigenvalue weighted by atomic mass is 35.5. The van der Waals surface area contributed by atoms with E-state index in [2.05, 4.69) is 9.97 Å². The van der Waals surface area contributed by atoms with Crippen molar-refractivity contribution in [2.45, 2.75) is 32.9 Å². The molecule has 0 bridgehead atoms. The average molecular weight is 260 g/mol. The van der Waals surface area contributed by atoms with Gasteiger partial charge in [-0.1, -0.05) is 18.5 Å². The molecular weight excluding hydrogens is 249 g/mol. The topological polar surface area (TPSA) is 46.1 Å². The Labute approximate surface area is 104 Å². The SMILES string of the molecule is CC[C@@H](C)N1Cc2c(Cl)nc(Cl)nc2C1=O. The lowest BCUT2D eigenvalue weighted by atomic mass is 10.2. The van der Waals surface area contributed by atoms with E-state index in [1.807, 2.05) is 13.8 Å². The minimum atomic E-state index is -0.115. The number of hydrogen-bond donors (Lipinski definition) is 0. The molecule has 1 aliphatic rings. The van der Waals surface area contributed by atoms with Crippen molar-refractivity contribution >= 4 is 29.1 Å². The second-order valence-corrected chi connectivity index (χ2v) is 4.50. The molecule has 0 aromatic carbocycles. The Morgan fingerprint density at radius 2 is 2.12 bits per heavy atom. The van der Waals surface area contributed by atoms with E-state index in [0.717, 1.165) is 6.42 Å². The van der Waals surface area contributed by atoms with Crippen molar-refractivity contribution in [3.05, 3.63) is 21.7 Å². The standard InChI is InChI=1S/C10H11Cl2N3O/c1-3-5(2)15-4-6-7(9(15)16)13-10(12)14-8(6)11/h5H,3-4H2,1-2H3/t5-/m1/s1. The minimum absolute atomic E-state index is 0.0168. The van der Waals surface area contributed by atoms with Gasteiger partial charge < -0.3 is 4.90 Å². The van der Waals surface area contributed by atoms with Gasteiger partial charge in [0.05, 0.1) is 6.54 Å². The van der Waals surface area contributed by atoms with Gasteiger partial charge in [0.1, 0.15) is 10.8 Å². The van der Waals surface area contributed by atoms with Crippen LogP contribution < -0.4 is 0 Å². The Balaban J connectivity index is 2.42. The molecule has 16 heavy (non-hydrogen) atoms. The fourth-order valence-corrected chi connectivity index (χ4v) is 2.14. The molecule has 0 radical (unpaired) electrons. The van der Waals surface area contributed by atoms with E-state index >= 15 is 0 Å². The van der Waals surface area contributed by atoms with Gasteiger partial charge >= 0.3 is 0 Å². The van der Waals surface area contributed by atoms with Gasteiger partial charge in [0.25, 0.3) is 5.91 Å². The molecule has 1 amide bonds. The molecule has 1 atom stereocenters. The third-order valence-electron chi connectivity index (χ3n) is 2.84. The first-order chi connectivity index (χ1) is 7.54. The summed E-state index contributed by atoms with van der Waals surface area (Å²) < 4.78 is 0. The van der Waals surface area contributed by atoms with E-state index < -0.39 is 0 Å². The van der Waals surface area contributed by atoms with Crippen LogP contribution in [0.5, 0.6) is 0 Å². The number of nitrogens with zero attached hydrogens (tertiary/aromatic N) is 3. The molecule has 86 valence electrons. The average Bonchev–Trinajstić information content (AvgIpc) is 2.56. The van der Waals surface area contributed by atoms with Gasteiger partial charge in [-0.05, 0) is 24.9 Å². The maximum Gasteiger partial charge on any atom is 0.273 e. The Bertz CT molecular complexity index is 450. The molecule has 6 heteroatoms. The number of carbonyl (C=O) groups is 1. The molecule has 0 saturated heterocycles. The fourth-order valence-electron chi connectivity index (χ4n) is 1.70. The summed E-state index contributed by atoms with van der Waals surface area (Å²) >= 11 is 11.6. The molecule has 0 aliphatic carbocycles. The summed E-state index contributed by atoms with van der Waals surface area (Å²) in [6, 6.07) is 0.163. The van der Waals surface area contributed by atoms with Crippen LogP contribution in [0, 0.1) is 0 Å². The molecule has 1 aliphatic heterocycles. The van der Waals surface area contributed by atoms with Crippen molar-refractivity contribution in [2.24, 2.45) is 0 Å². The van der Waals surface area contributed by atoms with Gasteiger partial charge in [-0.15, -0.1) is 0 Å². The van der Waals surface area contributed by atoms with Crippen LogP contribution in [0.3, 0.4) is 0 Å². The molecular formula is C10H11Cl2N3O. The van der Waals surface area contributed by atoms with Crippen molar-refractivity contribution in [1.82, 2.24) is 14.9 Å². The highest BCUT2D eigenvalue weighted by Crippen LogP contribution is 2.29. The minimum Gasteiger partial charge on any atom is -0.330 e. The van der Waals surface area contributed by atoms with Crippen LogP contribution in [-0.4, -0.2) is 26.8 Å². The molecule has 2 heterocycles. The van der Waals surface area contributed by atoms with Crippen LogP contribution in [0.2, 0.25) is 10.4 Å². The van der Waals surface area contributed by atoms with E-state index in [9.17, 15) is 4.79 Å². The fraction of sp³-hybridized carbons (Fsp3) is 0.500. The van der Waals surface area contributed by atoms with E-state index in [1.54, 1.807) is 4.90 Å². The number of carbonyl (C=O) groups excluding carboxylic acids is 1. The second-order valence-electron chi connectivity index (χ2n) is 3.80. The molecule has 4 nitrogen and oxygen atoms in total. The number of halogens is 2. The van der Waals surface area contributed by atoms with Crippen LogP contribution in [0.25, 0.3) is 0 Å². The lowest BCUT2D eigenvalue weighted by Crippen LogP contribution is -2.32. The third-order valence-corrected chi connectivity index (χ3v) is 3.33. The van der Waals surface area contributed by atoms with Gasteiger partial charge in [-0.3, -0.25) is 4.79 Å². The van der Waals surface area contributed by atoms with Gasteiger partial charge in [-0.2, -0.15) is 0 Å². The third kappa shape index (κ3) is 1.76. The summed E-state index contributed by atoms with van der Waals surface area (Å²) in [6.45, 7) is 4.49. The van der Waals surface area contributed by atoms with Crippen molar-refractivity contribution < 1.29 is 4.79 Å². The lowest BCUT2D eigenvalue weighted by molar-refractivity contribution is 0.0709. The molecule has 0 fully saturated rings. The quantitative estimate of drug-likeness (QED) is 0.606. The van der Waals surface area contributed by atoms with E-state index in [0.29, 0.717) is 17.8 Å². The monoisotopic (exact) mass is 259 g/mol. The van der Waals surface area contributed by atoms with Crippen molar-refractivity contribution in [2.75, 3.05) is 0 Å². The highest BCUT2D eigenvalue weighted by molar-refractivity contribution is 6.33. The Kier molecular flexibility index (Phi) is 3.04. The van der Waals surface area contributed by atoms with Crippen molar-refractivity contribution in [1.29, 1.82) is 0 Å². The summed E-state index contributed by atoms with van der Waals surface area (Å²) in [7, 11) is 0. The molecule has 2 rings (SSSR count). The second kappa shape index (κ2) is 4.18. The molecule has 0 unspecified atom stereocenters. The van der Waals surface area contributed by atoms with Crippen LogP contribution in [0.4, 0.5) is 0 Å². The molecule has 0 spiro atoms. The van der Waals surface area contributed by atoms with Gasteiger partial charge in [-0.25, -0.2) is 9.97 Å². The zero-order chi connectivity index (χ0) is 11.9. The number of aromatic nitrogens is 2.